The Morgan fingerprint density at radius 3 is 2.31 bits per heavy atom. The van der Waals surface area contributed by atoms with Crippen LogP contribution in [0.2, 0.25) is 0 Å². The van der Waals surface area contributed by atoms with Crippen LogP contribution in [0, 0.1) is 0 Å². The summed E-state index contributed by atoms with van der Waals surface area (Å²) in [6.07, 6.45) is 5.01. The molecular weight excluding hydrogens is 362 g/mol. The Morgan fingerprint density at radius 1 is 0.897 bits per heavy atom. The molecule has 0 N–H and O–H groups in total. The number of hydrogen-bond acceptors (Lipinski definition) is 3. The molecule has 5 heteroatoms. The Morgan fingerprint density at radius 2 is 1.62 bits per heavy atom. The van der Waals surface area contributed by atoms with E-state index in [4.69, 9.17) is 0 Å². The highest BCUT2D eigenvalue weighted by Gasteiger charge is 2.40. The van der Waals surface area contributed by atoms with Gasteiger partial charge >= 0.3 is 0 Å². The predicted molar refractivity (Wildman–Crippen MR) is 112 cm³/mol. The van der Waals surface area contributed by atoms with Crippen LogP contribution in [0.1, 0.15) is 23.6 Å². The molecule has 0 spiro atoms. The Balaban J connectivity index is 1.58. The molecule has 0 unspecified atom stereocenters. The number of benzene rings is 2. The number of amides is 2. The average Bonchev–Trinajstić information content (AvgIpc) is 2.78. The lowest BCUT2D eigenvalue weighted by atomic mass is 10.0. The van der Waals surface area contributed by atoms with E-state index in [1.165, 1.54) is 5.56 Å². The molecule has 1 atom stereocenters. The zero-order valence-electron chi connectivity index (χ0n) is 16.1. The lowest BCUT2D eigenvalue weighted by molar-refractivity contribution is -0.143. The molecule has 1 aromatic heterocycles. The van der Waals surface area contributed by atoms with Crippen LogP contribution in [0.3, 0.4) is 0 Å². The van der Waals surface area contributed by atoms with Gasteiger partial charge in [0, 0.05) is 30.2 Å². The van der Waals surface area contributed by atoms with Gasteiger partial charge < -0.3 is 9.80 Å². The van der Waals surface area contributed by atoms with Gasteiger partial charge in [-0.15, -0.1) is 0 Å². The first-order chi connectivity index (χ1) is 14.2. The van der Waals surface area contributed by atoms with Crippen molar-refractivity contribution in [2.45, 2.75) is 18.9 Å². The van der Waals surface area contributed by atoms with Gasteiger partial charge in [0.05, 0.1) is 0 Å². The number of carbonyl (C=O) groups excluding carboxylic acids is 2. The van der Waals surface area contributed by atoms with Gasteiger partial charge in [0.2, 0.25) is 5.91 Å². The molecule has 0 aliphatic carbocycles. The molecule has 0 saturated carbocycles. The zero-order valence-corrected chi connectivity index (χ0v) is 16.1. The molecule has 4 rings (SSSR count). The number of aromatic nitrogens is 1. The largest absolute Gasteiger partial charge is 0.325 e. The van der Waals surface area contributed by atoms with Gasteiger partial charge in [0.1, 0.15) is 12.6 Å². The second kappa shape index (κ2) is 8.69. The quantitative estimate of drug-likeness (QED) is 0.651. The van der Waals surface area contributed by atoms with E-state index in [9.17, 15) is 9.59 Å². The number of pyridine rings is 1. The van der Waals surface area contributed by atoms with Crippen LogP contribution >= 0.6 is 0 Å². The van der Waals surface area contributed by atoms with Crippen LogP contribution in [0.25, 0.3) is 0 Å². The number of hydrogen-bond donors (Lipinski definition) is 0. The monoisotopic (exact) mass is 385 g/mol. The summed E-state index contributed by atoms with van der Waals surface area (Å²) in [5.74, 6) is -0.140. The van der Waals surface area contributed by atoms with Crippen LogP contribution in [0.4, 0.5) is 5.69 Å². The number of carbonyl (C=O) groups is 2. The van der Waals surface area contributed by atoms with E-state index in [0.717, 1.165) is 24.1 Å². The van der Waals surface area contributed by atoms with Crippen LogP contribution in [-0.4, -0.2) is 34.8 Å². The van der Waals surface area contributed by atoms with E-state index in [1.807, 2.05) is 54.6 Å². The summed E-state index contributed by atoms with van der Waals surface area (Å²) in [5.41, 5.74) is 2.71. The third-order valence-corrected chi connectivity index (χ3v) is 5.20. The minimum Gasteiger partial charge on any atom is -0.325 e. The van der Waals surface area contributed by atoms with Crippen LogP contribution in [0.5, 0.6) is 0 Å². The molecule has 2 amide bonds. The lowest BCUT2D eigenvalue weighted by Gasteiger charge is -2.40. The molecule has 5 nitrogen and oxygen atoms in total. The summed E-state index contributed by atoms with van der Waals surface area (Å²) in [6, 6.07) is 22.6. The third-order valence-electron chi connectivity index (χ3n) is 5.20. The number of anilines is 1. The standard InChI is InChI=1S/C24H23N3O2/c28-22-18-27(21-13-5-2-6-14-21)24(29)23(20-12-7-15-25-17-20)26(22)16-8-11-19-9-3-1-4-10-19/h1-7,9-10,12-15,17,23H,8,11,16,18H2/t23-/m1/s1. The van der Waals surface area contributed by atoms with Gasteiger partial charge in [-0.3, -0.25) is 14.6 Å². The zero-order chi connectivity index (χ0) is 20.1. The second-order valence-corrected chi connectivity index (χ2v) is 7.13. The molecule has 2 aromatic carbocycles. The fraction of sp³-hybridized carbons (Fsp3) is 0.208. The van der Waals surface area contributed by atoms with E-state index < -0.39 is 6.04 Å². The van der Waals surface area contributed by atoms with E-state index >= 15 is 0 Å². The van der Waals surface area contributed by atoms with Gasteiger partial charge in [-0.25, -0.2) is 0 Å². The summed E-state index contributed by atoms with van der Waals surface area (Å²) in [7, 11) is 0. The van der Waals surface area contributed by atoms with Crippen molar-refractivity contribution < 1.29 is 9.59 Å². The van der Waals surface area contributed by atoms with Crippen molar-refractivity contribution in [1.29, 1.82) is 0 Å². The van der Waals surface area contributed by atoms with Crippen molar-refractivity contribution in [3.05, 3.63) is 96.3 Å². The van der Waals surface area contributed by atoms with E-state index in [-0.39, 0.29) is 18.4 Å². The molecule has 0 bridgehead atoms. The average molecular weight is 385 g/mol. The molecule has 0 radical (unpaired) electrons. The van der Waals surface area contributed by atoms with Crippen molar-refractivity contribution in [2.75, 3.05) is 18.0 Å². The summed E-state index contributed by atoms with van der Waals surface area (Å²) >= 11 is 0. The fourth-order valence-electron chi connectivity index (χ4n) is 3.77. The minimum absolute atomic E-state index is 0.0460. The lowest BCUT2D eigenvalue weighted by Crippen LogP contribution is -2.56. The molecule has 1 fully saturated rings. The first-order valence-electron chi connectivity index (χ1n) is 9.84. The summed E-state index contributed by atoms with van der Waals surface area (Å²) in [6.45, 7) is 0.590. The smallest absolute Gasteiger partial charge is 0.254 e. The maximum atomic E-state index is 13.4. The second-order valence-electron chi connectivity index (χ2n) is 7.13. The molecular formula is C24H23N3O2. The topological polar surface area (TPSA) is 53.5 Å². The van der Waals surface area contributed by atoms with Crippen molar-refractivity contribution in [3.8, 4) is 0 Å². The van der Waals surface area contributed by atoms with Gasteiger partial charge in [-0.2, -0.15) is 0 Å². The number of nitrogens with zero attached hydrogens (tertiary/aromatic N) is 3. The van der Waals surface area contributed by atoms with Crippen molar-refractivity contribution in [3.63, 3.8) is 0 Å². The number of para-hydroxylation sites is 1. The highest BCUT2D eigenvalue weighted by molar-refractivity contribution is 6.06. The highest BCUT2D eigenvalue weighted by atomic mass is 16.2. The summed E-state index contributed by atoms with van der Waals surface area (Å²) in [4.78, 5) is 33.9. The maximum Gasteiger partial charge on any atom is 0.254 e. The number of aryl methyl sites for hydroxylation is 1. The molecule has 3 aromatic rings. The molecule has 29 heavy (non-hydrogen) atoms. The molecule has 146 valence electrons. The first kappa shape index (κ1) is 18.9. The first-order valence-corrected chi connectivity index (χ1v) is 9.84. The third kappa shape index (κ3) is 4.19. The van der Waals surface area contributed by atoms with Gasteiger partial charge in [-0.1, -0.05) is 54.6 Å². The Hall–Kier alpha value is -3.47. The highest BCUT2D eigenvalue weighted by Crippen LogP contribution is 2.30. The van der Waals surface area contributed by atoms with E-state index in [0.29, 0.717) is 6.54 Å². The van der Waals surface area contributed by atoms with E-state index in [1.54, 1.807) is 28.3 Å². The molecule has 2 heterocycles. The number of rotatable bonds is 6. The van der Waals surface area contributed by atoms with Crippen LogP contribution in [0.15, 0.2) is 85.2 Å². The number of piperazine rings is 1. The van der Waals surface area contributed by atoms with Crippen LogP contribution in [-0.2, 0) is 16.0 Å². The van der Waals surface area contributed by atoms with Crippen molar-refractivity contribution in [1.82, 2.24) is 9.88 Å². The Bertz CT molecular complexity index is 961. The fourth-order valence-corrected chi connectivity index (χ4v) is 3.77. The van der Waals surface area contributed by atoms with Crippen molar-refractivity contribution >= 4 is 17.5 Å². The van der Waals surface area contributed by atoms with Gasteiger partial charge in [0.15, 0.2) is 0 Å². The predicted octanol–water partition coefficient (Wildman–Crippen LogP) is 3.63. The maximum absolute atomic E-state index is 13.4. The molecule has 1 saturated heterocycles. The summed E-state index contributed by atoms with van der Waals surface area (Å²) < 4.78 is 0. The van der Waals surface area contributed by atoms with Crippen molar-refractivity contribution in [2.24, 2.45) is 0 Å². The minimum atomic E-state index is -0.652. The van der Waals surface area contributed by atoms with Crippen LogP contribution < -0.4 is 4.90 Å². The van der Waals surface area contributed by atoms with E-state index in [2.05, 4.69) is 17.1 Å². The van der Waals surface area contributed by atoms with Gasteiger partial charge in [-0.05, 0) is 36.6 Å². The van der Waals surface area contributed by atoms with Gasteiger partial charge in [0.25, 0.3) is 5.91 Å². The molecule has 1 aliphatic rings. The Labute approximate surface area is 170 Å². The SMILES string of the molecule is O=C1[C@@H](c2cccnc2)N(CCCc2ccccc2)C(=O)CN1c1ccccc1. The normalized spacial score (nSPS) is 16.9. The molecule has 1 aliphatic heterocycles. The Kier molecular flexibility index (Phi) is 5.66. The summed E-state index contributed by atoms with van der Waals surface area (Å²) in [5, 5.41) is 0.